The van der Waals surface area contributed by atoms with Gasteiger partial charge in [0.25, 0.3) is 0 Å². The fourth-order valence-corrected chi connectivity index (χ4v) is 0.477. The van der Waals surface area contributed by atoms with Crippen LogP contribution in [0.2, 0.25) is 0 Å². The molecular weight excluding hydrogens is 126 g/mol. The quantitative estimate of drug-likeness (QED) is 0.430. The Balaban J connectivity index is 4.08. The van der Waals surface area contributed by atoms with Crippen LogP contribution < -0.4 is 0 Å². The monoisotopic (exact) mass is 139 g/mol. The highest BCUT2D eigenvalue weighted by atomic mass is 16.1. The maximum atomic E-state index is 10.2. The number of carbonyl (C=O) groups is 1. The molecule has 0 rings (SSSR count). The SMILES string of the molecule is C=CC(C=O)=NC(C)CC. The first-order valence-corrected chi connectivity index (χ1v) is 3.40. The summed E-state index contributed by atoms with van der Waals surface area (Å²) in [4.78, 5) is 14.2. The van der Waals surface area contributed by atoms with Crippen molar-refractivity contribution in [3.63, 3.8) is 0 Å². The van der Waals surface area contributed by atoms with Crippen molar-refractivity contribution >= 4 is 12.0 Å². The van der Waals surface area contributed by atoms with Crippen molar-refractivity contribution in [2.45, 2.75) is 26.3 Å². The lowest BCUT2D eigenvalue weighted by atomic mass is 10.2. The summed E-state index contributed by atoms with van der Waals surface area (Å²) >= 11 is 0. The molecule has 2 nitrogen and oxygen atoms in total. The molecule has 2 heteroatoms. The lowest BCUT2D eigenvalue weighted by Crippen LogP contribution is -2.02. The molecule has 0 saturated carbocycles. The first-order chi connectivity index (χ1) is 4.74. The number of hydrogen-bond donors (Lipinski definition) is 0. The van der Waals surface area contributed by atoms with Crippen LogP contribution in [0.1, 0.15) is 20.3 Å². The van der Waals surface area contributed by atoms with Crippen molar-refractivity contribution in [1.82, 2.24) is 0 Å². The summed E-state index contributed by atoms with van der Waals surface area (Å²) in [6.45, 7) is 7.45. The van der Waals surface area contributed by atoms with Gasteiger partial charge in [-0.15, -0.1) is 0 Å². The molecule has 0 N–H and O–H groups in total. The molecule has 0 amide bonds. The summed E-state index contributed by atoms with van der Waals surface area (Å²) in [6, 6.07) is 0.221. The van der Waals surface area contributed by atoms with Gasteiger partial charge in [-0.2, -0.15) is 0 Å². The van der Waals surface area contributed by atoms with Crippen molar-refractivity contribution in [1.29, 1.82) is 0 Å². The van der Waals surface area contributed by atoms with Gasteiger partial charge >= 0.3 is 0 Å². The Labute approximate surface area is 61.7 Å². The summed E-state index contributed by atoms with van der Waals surface area (Å²) in [6.07, 6.45) is 3.14. The lowest BCUT2D eigenvalue weighted by molar-refractivity contribution is -0.102. The molecule has 0 saturated heterocycles. The number of nitrogens with zero attached hydrogens (tertiary/aromatic N) is 1. The molecule has 0 fully saturated rings. The number of allylic oxidation sites excluding steroid dienone is 1. The van der Waals surface area contributed by atoms with Crippen LogP contribution in [0.25, 0.3) is 0 Å². The largest absolute Gasteiger partial charge is 0.296 e. The molecule has 10 heavy (non-hydrogen) atoms. The highest BCUT2D eigenvalue weighted by Gasteiger charge is 1.94. The molecule has 0 heterocycles. The van der Waals surface area contributed by atoms with Gasteiger partial charge < -0.3 is 0 Å². The molecule has 0 aromatic heterocycles. The van der Waals surface area contributed by atoms with Gasteiger partial charge in [-0.3, -0.25) is 9.79 Å². The molecule has 1 atom stereocenters. The molecule has 0 aliphatic rings. The highest BCUT2D eigenvalue weighted by molar-refractivity contribution is 6.33. The Morgan fingerprint density at radius 3 is 2.70 bits per heavy atom. The Morgan fingerprint density at radius 1 is 1.80 bits per heavy atom. The lowest BCUT2D eigenvalue weighted by Gasteiger charge is -1.99. The van der Waals surface area contributed by atoms with Crippen LogP contribution in [0.5, 0.6) is 0 Å². The third-order valence-corrected chi connectivity index (χ3v) is 1.29. The van der Waals surface area contributed by atoms with Crippen LogP contribution >= 0.6 is 0 Å². The predicted octanol–water partition coefficient (Wildman–Crippen LogP) is 1.61. The second kappa shape index (κ2) is 4.91. The molecule has 56 valence electrons. The van der Waals surface area contributed by atoms with E-state index < -0.39 is 0 Å². The molecule has 0 radical (unpaired) electrons. The number of aliphatic imine (C=N–C) groups is 1. The van der Waals surface area contributed by atoms with Crippen molar-refractivity contribution in [2.75, 3.05) is 0 Å². The second-order valence-electron chi connectivity index (χ2n) is 2.13. The van der Waals surface area contributed by atoms with Crippen LogP contribution in [-0.2, 0) is 4.79 Å². The smallest absolute Gasteiger partial charge is 0.167 e. The van der Waals surface area contributed by atoms with E-state index in [1.165, 1.54) is 6.08 Å². The first kappa shape index (κ1) is 9.08. The average molecular weight is 139 g/mol. The number of carbonyl (C=O) groups excluding carboxylic acids is 1. The summed E-state index contributed by atoms with van der Waals surface area (Å²) in [5.41, 5.74) is 0.439. The van der Waals surface area contributed by atoms with Gasteiger partial charge in [0.1, 0.15) is 0 Å². The molecule has 0 aliphatic carbocycles. The molecule has 0 spiro atoms. The van der Waals surface area contributed by atoms with E-state index in [1.807, 2.05) is 13.8 Å². The van der Waals surface area contributed by atoms with Crippen LogP contribution in [0, 0.1) is 0 Å². The van der Waals surface area contributed by atoms with E-state index in [0.717, 1.165) is 12.7 Å². The van der Waals surface area contributed by atoms with Crippen LogP contribution in [0.3, 0.4) is 0 Å². The van der Waals surface area contributed by atoms with Gasteiger partial charge in [0.05, 0.1) is 5.71 Å². The van der Waals surface area contributed by atoms with Gasteiger partial charge in [0.2, 0.25) is 0 Å². The Morgan fingerprint density at radius 2 is 2.40 bits per heavy atom. The fourth-order valence-electron chi connectivity index (χ4n) is 0.477. The van der Waals surface area contributed by atoms with Crippen molar-refractivity contribution in [3.05, 3.63) is 12.7 Å². The molecule has 0 aromatic carbocycles. The maximum absolute atomic E-state index is 10.2. The molecular formula is C8H13NO. The number of rotatable bonds is 4. The zero-order chi connectivity index (χ0) is 7.98. The third kappa shape index (κ3) is 3.17. The van der Waals surface area contributed by atoms with E-state index in [1.54, 1.807) is 0 Å². The van der Waals surface area contributed by atoms with E-state index >= 15 is 0 Å². The van der Waals surface area contributed by atoms with Gasteiger partial charge in [0, 0.05) is 6.04 Å². The third-order valence-electron chi connectivity index (χ3n) is 1.29. The second-order valence-corrected chi connectivity index (χ2v) is 2.13. The Bertz CT molecular complexity index is 139. The van der Waals surface area contributed by atoms with Gasteiger partial charge in [-0.25, -0.2) is 0 Å². The maximum Gasteiger partial charge on any atom is 0.167 e. The number of aldehydes is 1. The summed E-state index contributed by atoms with van der Waals surface area (Å²) < 4.78 is 0. The van der Waals surface area contributed by atoms with E-state index in [4.69, 9.17) is 0 Å². The van der Waals surface area contributed by atoms with Crippen molar-refractivity contribution in [3.8, 4) is 0 Å². The van der Waals surface area contributed by atoms with Crippen LogP contribution in [0.4, 0.5) is 0 Å². The molecule has 0 aliphatic heterocycles. The van der Waals surface area contributed by atoms with Crippen LogP contribution in [0.15, 0.2) is 17.6 Å². The average Bonchev–Trinajstić information content (AvgIpc) is 1.99. The zero-order valence-electron chi connectivity index (χ0n) is 6.50. The van der Waals surface area contributed by atoms with E-state index in [0.29, 0.717) is 5.71 Å². The Hall–Kier alpha value is -0.920. The van der Waals surface area contributed by atoms with Gasteiger partial charge in [-0.1, -0.05) is 13.5 Å². The molecule has 0 bridgehead atoms. The standard InChI is InChI=1S/C8H13NO/c1-4-7(3)9-8(5-2)6-10/h5-7H,2,4H2,1,3H3. The summed E-state index contributed by atoms with van der Waals surface area (Å²) in [7, 11) is 0. The summed E-state index contributed by atoms with van der Waals surface area (Å²) in [5.74, 6) is 0. The van der Waals surface area contributed by atoms with Crippen molar-refractivity contribution < 1.29 is 4.79 Å². The molecule has 1 unspecified atom stereocenters. The fraction of sp³-hybridized carbons (Fsp3) is 0.500. The minimum atomic E-state index is 0.221. The zero-order valence-corrected chi connectivity index (χ0v) is 6.50. The van der Waals surface area contributed by atoms with E-state index in [-0.39, 0.29) is 6.04 Å². The first-order valence-electron chi connectivity index (χ1n) is 3.40. The van der Waals surface area contributed by atoms with Crippen molar-refractivity contribution in [2.24, 2.45) is 4.99 Å². The van der Waals surface area contributed by atoms with E-state index in [2.05, 4.69) is 11.6 Å². The molecule has 0 aromatic rings. The predicted molar refractivity (Wildman–Crippen MR) is 43.4 cm³/mol. The minimum Gasteiger partial charge on any atom is -0.296 e. The van der Waals surface area contributed by atoms with E-state index in [9.17, 15) is 4.79 Å². The minimum absolute atomic E-state index is 0.221. The van der Waals surface area contributed by atoms with Crippen LogP contribution in [-0.4, -0.2) is 18.0 Å². The Kier molecular flexibility index (Phi) is 4.46. The normalized spacial score (nSPS) is 14.4. The summed E-state index contributed by atoms with van der Waals surface area (Å²) in [5, 5.41) is 0. The topological polar surface area (TPSA) is 29.4 Å². The van der Waals surface area contributed by atoms with Gasteiger partial charge in [0.15, 0.2) is 6.29 Å². The highest BCUT2D eigenvalue weighted by Crippen LogP contribution is 1.94. The van der Waals surface area contributed by atoms with Gasteiger partial charge in [-0.05, 0) is 19.4 Å². The number of hydrogen-bond acceptors (Lipinski definition) is 2.